The van der Waals surface area contributed by atoms with E-state index in [1.165, 1.54) is 0 Å². The molecule has 1 aliphatic heterocycles. The molecule has 1 aliphatic rings. The van der Waals surface area contributed by atoms with Crippen molar-refractivity contribution >= 4 is 60.4 Å². The number of unbranched alkanes of at least 4 members (excludes halogenated alkanes) is 2. The average Bonchev–Trinajstić information content (AvgIpc) is 3.41. The number of nitriles is 1. The third-order valence-corrected chi connectivity index (χ3v) is 8.72. The van der Waals surface area contributed by atoms with Gasteiger partial charge in [0.05, 0.1) is 43.9 Å². The molecule has 0 radical (unpaired) electrons. The predicted octanol–water partition coefficient (Wildman–Crippen LogP) is 4.44. The van der Waals surface area contributed by atoms with E-state index in [1.54, 1.807) is 18.2 Å². The predicted molar refractivity (Wildman–Crippen MR) is 160 cm³/mol. The molecule has 3 aromatic rings. The van der Waals surface area contributed by atoms with Gasteiger partial charge < -0.3 is 18.8 Å². The van der Waals surface area contributed by atoms with Gasteiger partial charge in [0.15, 0.2) is 6.54 Å². The first-order valence-corrected chi connectivity index (χ1v) is 17.0. The number of rotatable bonds is 13. The molecule has 0 atom stereocenters. The topological polar surface area (TPSA) is 159 Å². The molecule has 0 fully saturated rings. The van der Waals surface area contributed by atoms with Crippen LogP contribution in [0.25, 0.3) is 17.2 Å². The smallest absolute Gasteiger partial charge is 0.374 e. The van der Waals surface area contributed by atoms with Gasteiger partial charge in [0.2, 0.25) is 5.58 Å². The summed E-state index contributed by atoms with van der Waals surface area (Å²) in [5.41, 5.74) is 3.37. The van der Waals surface area contributed by atoms with Crippen LogP contribution in [0.1, 0.15) is 44.1 Å². The molecule has 0 spiro atoms. The number of fused-ring (bicyclic) bond motifs is 2. The normalized spacial score (nSPS) is 14.8. The van der Waals surface area contributed by atoms with Crippen LogP contribution in [0.2, 0.25) is 5.02 Å². The minimum Gasteiger partial charge on any atom is -0.748 e. The number of benzene rings is 2. The van der Waals surface area contributed by atoms with Crippen molar-refractivity contribution in [2.75, 3.05) is 34.4 Å². The van der Waals surface area contributed by atoms with Gasteiger partial charge in [0.1, 0.15) is 11.9 Å². The first kappa shape index (κ1) is 31.5. The fourth-order valence-corrected chi connectivity index (χ4v) is 6.26. The number of para-hydroxylation sites is 2. The van der Waals surface area contributed by atoms with Gasteiger partial charge in [-0.25, -0.2) is 8.42 Å². The van der Waals surface area contributed by atoms with E-state index in [0.717, 1.165) is 22.7 Å². The van der Waals surface area contributed by atoms with Crippen LogP contribution < -0.4 is 14.4 Å². The third-order valence-electron chi connectivity index (χ3n) is 6.82. The van der Waals surface area contributed by atoms with E-state index in [9.17, 15) is 26.7 Å². The molecular formula is C28H31ClN4O7S2. The molecule has 14 heteroatoms. The van der Waals surface area contributed by atoms with E-state index >= 15 is 0 Å². The molecule has 2 aromatic carbocycles. The van der Waals surface area contributed by atoms with Crippen molar-refractivity contribution in [3.63, 3.8) is 0 Å². The lowest BCUT2D eigenvalue weighted by Gasteiger charge is -2.24. The summed E-state index contributed by atoms with van der Waals surface area (Å²) in [4.78, 5) is 4.00. The SMILES string of the molecule is CCN1C(=CC=Cc2oc3ccccc3[n+]2CCCCS(=O)(=O)O)N(CCCCS(=O)(=O)[O-])c2cc(C#N)c(Cl)cc21. The Balaban J connectivity index is 1.65. The van der Waals surface area contributed by atoms with Crippen LogP contribution in [0.3, 0.4) is 0 Å². The first-order valence-electron chi connectivity index (χ1n) is 13.4. The molecule has 0 amide bonds. The van der Waals surface area contributed by atoms with Crippen LogP contribution in [0, 0.1) is 11.3 Å². The molecule has 42 heavy (non-hydrogen) atoms. The second-order valence-corrected chi connectivity index (χ2v) is 13.2. The Morgan fingerprint density at radius 1 is 1.07 bits per heavy atom. The average molecular weight is 635 g/mol. The molecule has 4 rings (SSSR count). The van der Waals surface area contributed by atoms with E-state index in [0.29, 0.717) is 54.5 Å². The molecule has 1 aromatic heterocycles. The number of halogens is 1. The van der Waals surface area contributed by atoms with Gasteiger partial charge in [-0.3, -0.25) is 4.55 Å². The Bertz CT molecular complexity index is 1780. The fraction of sp³-hybridized carbons (Fsp3) is 0.357. The van der Waals surface area contributed by atoms with Gasteiger partial charge in [-0.1, -0.05) is 23.7 Å². The lowest BCUT2D eigenvalue weighted by atomic mass is 10.1. The van der Waals surface area contributed by atoms with E-state index in [2.05, 4.69) is 6.07 Å². The summed E-state index contributed by atoms with van der Waals surface area (Å²) in [6.45, 7) is 3.43. The number of oxazole rings is 1. The highest BCUT2D eigenvalue weighted by molar-refractivity contribution is 7.85. The van der Waals surface area contributed by atoms with E-state index in [1.807, 2.05) is 57.7 Å². The molecule has 0 saturated carbocycles. The Labute approximate surface area is 250 Å². The Kier molecular flexibility index (Phi) is 9.96. The number of aryl methyl sites for hydroxylation is 1. The molecule has 0 unspecified atom stereocenters. The largest absolute Gasteiger partial charge is 0.748 e. The summed E-state index contributed by atoms with van der Waals surface area (Å²) in [7, 11) is -8.36. The monoisotopic (exact) mass is 634 g/mol. The summed E-state index contributed by atoms with van der Waals surface area (Å²) < 4.78 is 72.6. The lowest BCUT2D eigenvalue weighted by molar-refractivity contribution is -0.678. The van der Waals surface area contributed by atoms with Crippen LogP contribution in [0.15, 0.2) is 58.8 Å². The highest BCUT2D eigenvalue weighted by Gasteiger charge is 2.31. The lowest BCUT2D eigenvalue weighted by Crippen LogP contribution is -2.35. The molecule has 2 heterocycles. The molecule has 224 valence electrons. The molecule has 11 nitrogen and oxygen atoms in total. The van der Waals surface area contributed by atoms with Crippen molar-refractivity contribution in [3.8, 4) is 6.07 Å². The summed E-state index contributed by atoms with van der Waals surface area (Å²) in [5.74, 6) is 0.545. The molecule has 0 saturated heterocycles. The van der Waals surface area contributed by atoms with E-state index in [4.69, 9.17) is 20.6 Å². The van der Waals surface area contributed by atoms with Crippen LogP contribution >= 0.6 is 11.6 Å². The minimum absolute atomic E-state index is 0.197. The first-order chi connectivity index (χ1) is 19.9. The fourth-order valence-electron chi connectivity index (χ4n) is 4.94. The van der Waals surface area contributed by atoms with Crippen molar-refractivity contribution in [1.82, 2.24) is 0 Å². The Morgan fingerprint density at radius 3 is 2.48 bits per heavy atom. The highest BCUT2D eigenvalue weighted by Crippen LogP contribution is 2.44. The van der Waals surface area contributed by atoms with Crippen molar-refractivity contribution in [1.29, 1.82) is 5.26 Å². The number of hydrogen-bond donors (Lipinski definition) is 1. The van der Waals surface area contributed by atoms with Gasteiger partial charge in [0, 0.05) is 31.3 Å². The number of anilines is 2. The van der Waals surface area contributed by atoms with Gasteiger partial charge in [0.25, 0.3) is 15.6 Å². The zero-order chi connectivity index (χ0) is 30.5. The number of allylic oxidation sites excluding steroid dienone is 2. The summed E-state index contributed by atoms with van der Waals surface area (Å²) >= 11 is 6.36. The second-order valence-electron chi connectivity index (χ2n) is 9.73. The maximum atomic E-state index is 11.1. The molecule has 1 N–H and O–H groups in total. The highest BCUT2D eigenvalue weighted by atomic mass is 35.5. The van der Waals surface area contributed by atoms with Gasteiger partial charge in [-0.05, 0) is 56.5 Å². The standard InChI is InChI=1S/C28H31ClN4O7S2/c1-2-31-25-19-22(29)21(20-30)18-24(25)32(14-5-7-16-41(34,35)36)27(31)12-9-13-28-33(15-6-8-17-42(37,38)39)23-10-3-4-11-26(23)40-28/h3-4,9-13,18-19H,2,5-8,14-17H2,1H3,(H-,34,35,36,37,38,39). The van der Waals surface area contributed by atoms with Gasteiger partial charge in [-0.15, -0.1) is 0 Å². The van der Waals surface area contributed by atoms with Gasteiger partial charge in [-0.2, -0.15) is 18.2 Å². The number of nitrogens with zero attached hydrogens (tertiary/aromatic N) is 4. The summed E-state index contributed by atoms with van der Waals surface area (Å²) in [5, 5.41) is 9.87. The molecule has 0 aliphatic carbocycles. The Hall–Kier alpha value is -3.41. The van der Waals surface area contributed by atoms with E-state index < -0.39 is 26.0 Å². The van der Waals surface area contributed by atoms with Crippen LogP contribution in [-0.2, 0) is 26.8 Å². The van der Waals surface area contributed by atoms with Crippen molar-refractivity contribution in [3.05, 3.63) is 70.8 Å². The zero-order valence-corrected chi connectivity index (χ0v) is 25.3. The van der Waals surface area contributed by atoms with Crippen molar-refractivity contribution in [2.24, 2.45) is 0 Å². The van der Waals surface area contributed by atoms with Crippen molar-refractivity contribution in [2.45, 2.75) is 39.2 Å². The zero-order valence-electron chi connectivity index (χ0n) is 22.9. The minimum atomic E-state index is -4.32. The van der Waals surface area contributed by atoms with E-state index in [-0.39, 0.29) is 18.6 Å². The van der Waals surface area contributed by atoms with Crippen LogP contribution in [-0.4, -0.2) is 50.5 Å². The third kappa shape index (κ3) is 7.70. The quantitative estimate of drug-likeness (QED) is 0.162. The number of aromatic nitrogens is 1. The summed E-state index contributed by atoms with van der Waals surface area (Å²) in [6, 6.07) is 13.0. The van der Waals surface area contributed by atoms with Crippen LogP contribution in [0.5, 0.6) is 0 Å². The Morgan fingerprint density at radius 2 is 1.79 bits per heavy atom. The maximum Gasteiger partial charge on any atom is 0.374 e. The van der Waals surface area contributed by atoms with Crippen LogP contribution in [0.4, 0.5) is 11.4 Å². The maximum absolute atomic E-state index is 11.1. The molecule has 0 bridgehead atoms. The second kappa shape index (κ2) is 13.3. The summed E-state index contributed by atoms with van der Waals surface area (Å²) in [6.07, 6.45) is 6.91. The number of hydrogen-bond acceptors (Lipinski definition) is 9. The molecular weight excluding hydrogens is 604 g/mol. The van der Waals surface area contributed by atoms with Gasteiger partial charge >= 0.3 is 5.89 Å². The van der Waals surface area contributed by atoms with Crippen molar-refractivity contribution < 1.29 is 34.9 Å².